The molecule has 0 radical (unpaired) electrons. The fraction of sp³-hybridized carbons (Fsp3) is 0.118. The second kappa shape index (κ2) is 7.89. The van der Waals surface area contributed by atoms with Crippen LogP contribution < -0.4 is 10.1 Å². The summed E-state index contributed by atoms with van der Waals surface area (Å²) in [7, 11) is 0. The quantitative estimate of drug-likeness (QED) is 0.658. The molecule has 1 heterocycles. The van der Waals surface area contributed by atoms with Crippen molar-refractivity contribution in [3.8, 4) is 5.75 Å². The molecule has 2 aromatic carbocycles. The highest BCUT2D eigenvalue weighted by molar-refractivity contribution is 8.15. The van der Waals surface area contributed by atoms with E-state index in [9.17, 15) is 13.6 Å². The van der Waals surface area contributed by atoms with Crippen molar-refractivity contribution in [2.75, 3.05) is 5.75 Å². The minimum Gasteiger partial charge on any atom is -0.489 e. The zero-order chi connectivity index (χ0) is 17.6. The van der Waals surface area contributed by atoms with E-state index in [1.165, 1.54) is 17.8 Å². The van der Waals surface area contributed by atoms with Gasteiger partial charge in [-0.1, -0.05) is 36.0 Å². The molecule has 2 aromatic rings. The molecule has 8 heteroatoms. The number of thioether (sulfide) groups is 1. The molecule has 1 saturated heterocycles. The summed E-state index contributed by atoms with van der Waals surface area (Å²) in [6.45, 7) is 0.162. The SMILES string of the molecule is O=C1CSC(=NN=Cc2ccccc2COc2ccc(F)c(F)c2)N1. The Balaban J connectivity index is 1.68. The molecule has 0 bridgehead atoms. The van der Waals surface area contributed by atoms with E-state index in [1.54, 1.807) is 6.21 Å². The molecule has 1 aliphatic rings. The van der Waals surface area contributed by atoms with Gasteiger partial charge in [0.05, 0.1) is 12.0 Å². The van der Waals surface area contributed by atoms with Crippen LogP contribution in [0.1, 0.15) is 11.1 Å². The lowest BCUT2D eigenvalue weighted by Crippen LogP contribution is -2.19. The highest BCUT2D eigenvalue weighted by atomic mass is 32.2. The first-order valence-electron chi connectivity index (χ1n) is 7.31. The van der Waals surface area contributed by atoms with Crippen LogP contribution in [-0.2, 0) is 11.4 Å². The van der Waals surface area contributed by atoms with Gasteiger partial charge < -0.3 is 10.1 Å². The van der Waals surface area contributed by atoms with E-state index in [2.05, 4.69) is 15.5 Å². The molecule has 3 rings (SSSR count). The maximum Gasteiger partial charge on any atom is 0.236 e. The Morgan fingerprint density at radius 3 is 2.80 bits per heavy atom. The second-order valence-corrected chi connectivity index (χ2v) is 6.01. The van der Waals surface area contributed by atoms with E-state index in [1.807, 2.05) is 24.3 Å². The zero-order valence-electron chi connectivity index (χ0n) is 12.9. The summed E-state index contributed by atoms with van der Waals surface area (Å²) in [5.74, 6) is -1.40. The van der Waals surface area contributed by atoms with Crippen LogP contribution >= 0.6 is 11.8 Å². The fourth-order valence-corrected chi connectivity index (χ4v) is 2.67. The molecule has 5 nitrogen and oxygen atoms in total. The van der Waals surface area contributed by atoms with Gasteiger partial charge in [-0.3, -0.25) is 4.79 Å². The number of halogens is 2. The molecule has 128 valence electrons. The van der Waals surface area contributed by atoms with Crippen molar-refractivity contribution in [2.24, 2.45) is 10.2 Å². The third-order valence-corrected chi connectivity index (χ3v) is 4.14. The van der Waals surface area contributed by atoms with Crippen LogP contribution in [-0.4, -0.2) is 23.0 Å². The van der Waals surface area contributed by atoms with Gasteiger partial charge in [0.2, 0.25) is 5.91 Å². The third-order valence-electron chi connectivity index (χ3n) is 3.27. The Morgan fingerprint density at radius 1 is 1.20 bits per heavy atom. The van der Waals surface area contributed by atoms with Crippen LogP contribution in [0, 0.1) is 11.6 Å². The van der Waals surface area contributed by atoms with Gasteiger partial charge in [0.25, 0.3) is 0 Å². The van der Waals surface area contributed by atoms with E-state index in [-0.39, 0.29) is 18.3 Å². The summed E-state index contributed by atoms with van der Waals surface area (Å²) in [6.07, 6.45) is 1.54. The number of hydrogen-bond acceptors (Lipinski definition) is 5. The van der Waals surface area contributed by atoms with E-state index < -0.39 is 11.6 Å². The first-order chi connectivity index (χ1) is 12.1. The summed E-state index contributed by atoms with van der Waals surface area (Å²) in [5.41, 5.74) is 1.57. The normalized spacial score (nSPS) is 15.8. The maximum atomic E-state index is 13.2. The monoisotopic (exact) mass is 361 g/mol. The summed E-state index contributed by atoms with van der Waals surface area (Å²) >= 11 is 1.28. The average molecular weight is 361 g/mol. The summed E-state index contributed by atoms with van der Waals surface area (Å²) in [6, 6.07) is 10.7. The summed E-state index contributed by atoms with van der Waals surface area (Å²) in [4.78, 5) is 11.1. The molecule has 0 aliphatic carbocycles. The lowest BCUT2D eigenvalue weighted by Gasteiger charge is -2.08. The standard InChI is InChI=1S/C17H13F2N3O2S/c18-14-6-5-13(7-15(14)19)24-9-12-4-2-1-3-11(12)8-20-22-17-21-16(23)10-25-17/h1-8H,9-10H2,(H,21,22,23). The Hall–Kier alpha value is -2.74. The Bertz CT molecular complexity index is 856. The molecule has 0 aromatic heterocycles. The number of nitrogens with zero attached hydrogens (tertiary/aromatic N) is 2. The van der Waals surface area contributed by atoms with Gasteiger partial charge in [0.15, 0.2) is 16.8 Å². The van der Waals surface area contributed by atoms with Crippen LogP contribution in [0.15, 0.2) is 52.7 Å². The van der Waals surface area contributed by atoms with Crippen molar-refractivity contribution in [3.63, 3.8) is 0 Å². The van der Waals surface area contributed by atoms with E-state index in [0.717, 1.165) is 23.3 Å². The Kier molecular flexibility index (Phi) is 5.39. The first kappa shape index (κ1) is 17.1. The van der Waals surface area contributed by atoms with Crippen molar-refractivity contribution in [3.05, 3.63) is 65.2 Å². The predicted octanol–water partition coefficient (Wildman–Crippen LogP) is 3.10. The predicted molar refractivity (Wildman–Crippen MR) is 92.8 cm³/mol. The largest absolute Gasteiger partial charge is 0.489 e. The fourth-order valence-electron chi connectivity index (χ4n) is 2.04. The number of rotatable bonds is 5. The molecule has 1 N–H and O–H groups in total. The van der Waals surface area contributed by atoms with Crippen LogP contribution in [0.5, 0.6) is 5.75 Å². The number of amidine groups is 1. The minimum atomic E-state index is -0.959. The molecule has 0 saturated carbocycles. The zero-order valence-corrected chi connectivity index (χ0v) is 13.7. The highest BCUT2D eigenvalue weighted by Gasteiger charge is 2.15. The van der Waals surface area contributed by atoms with Gasteiger partial charge in [0.1, 0.15) is 12.4 Å². The molecule has 25 heavy (non-hydrogen) atoms. The lowest BCUT2D eigenvalue weighted by molar-refractivity contribution is -0.116. The minimum absolute atomic E-state index is 0.0979. The van der Waals surface area contributed by atoms with Gasteiger partial charge in [-0.25, -0.2) is 8.78 Å². The molecular weight excluding hydrogens is 348 g/mol. The molecular formula is C17H13F2N3O2S. The topological polar surface area (TPSA) is 63.0 Å². The molecule has 0 unspecified atom stereocenters. The molecule has 0 atom stereocenters. The number of hydrogen-bond donors (Lipinski definition) is 1. The van der Waals surface area contributed by atoms with Crippen LogP contribution in [0.25, 0.3) is 0 Å². The van der Waals surface area contributed by atoms with Gasteiger partial charge >= 0.3 is 0 Å². The smallest absolute Gasteiger partial charge is 0.236 e. The van der Waals surface area contributed by atoms with Crippen LogP contribution in [0.2, 0.25) is 0 Å². The Labute approximate surface area is 146 Å². The second-order valence-electron chi connectivity index (χ2n) is 5.05. The Morgan fingerprint density at radius 2 is 2.04 bits per heavy atom. The van der Waals surface area contributed by atoms with Crippen molar-refractivity contribution in [1.82, 2.24) is 5.32 Å². The first-order valence-corrected chi connectivity index (χ1v) is 8.30. The maximum absolute atomic E-state index is 13.2. The highest BCUT2D eigenvalue weighted by Crippen LogP contribution is 2.18. The molecule has 1 aliphatic heterocycles. The van der Waals surface area contributed by atoms with Crippen molar-refractivity contribution in [2.45, 2.75) is 6.61 Å². The number of amides is 1. The van der Waals surface area contributed by atoms with E-state index in [0.29, 0.717) is 10.9 Å². The van der Waals surface area contributed by atoms with Crippen LogP contribution in [0.4, 0.5) is 8.78 Å². The van der Waals surface area contributed by atoms with Gasteiger partial charge in [-0.15, -0.1) is 5.10 Å². The van der Waals surface area contributed by atoms with Crippen LogP contribution in [0.3, 0.4) is 0 Å². The van der Waals surface area contributed by atoms with Crippen molar-refractivity contribution in [1.29, 1.82) is 0 Å². The van der Waals surface area contributed by atoms with Crippen molar-refractivity contribution < 1.29 is 18.3 Å². The summed E-state index contributed by atoms with van der Waals surface area (Å²) < 4.78 is 31.6. The number of benzene rings is 2. The number of carbonyl (C=O) groups excluding carboxylic acids is 1. The average Bonchev–Trinajstić information content (AvgIpc) is 3.02. The van der Waals surface area contributed by atoms with Gasteiger partial charge in [-0.2, -0.15) is 5.10 Å². The number of nitrogens with one attached hydrogen (secondary N) is 1. The molecule has 0 spiro atoms. The number of ether oxygens (including phenoxy) is 1. The van der Waals surface area contributed by atoms with E-state index >= 15 is 0 Å². The van der Waals surface area contributed by atoms with Gasteiger partial charge in [0, 0.05) is 11.6 Å². The van der Waals surface area contributed by atoms with Crippen molar-refractivity contribution >= 4 is 29.1 Å². The molecule has 1 amide bonds. The number of carbonyl (C=O) groups is 1. The third kappa shape index (κ3) is 4.63. The molecule has 1 fully saturated rings. The van der Waals surface area contributed by atoms with E-state index in [4.69, 9.17) is 4.74 Å². The summed E-state index contributed by atoms with van der Waals surface area (Å²) in [5, 5.41) is 10.9. The lowest BCUT2D eigenvalue weighted by atomic mass is 10.1. The van der Waals surface area contributed by atoms with Gasteiger partial charge in [-0.05, 0) is 17.7 Å².